The highest BCUT2D eigenvalue weighted by molar-refractivity contribution is 9.10. The van der Waals surface area contributed by atoms with Gasteiger partial charge in [0, 0.05) is 25.7 Å². The molecule has 0 aliphatic rings. The van der Waals surface area contributed by atoms with Crippen molar-refractivity contribution in [2.45, 2.75) is 13.3 Å². The van der Waals surface area contributed by atoms with Gasteiger partial charge in [-0.05, 0) is 22.9 Å². The largest absolute Gasteiger partial charge is 0.370 e. The second-order valence-corrected chi connectivity index (χ2v) is 3.92. The van der Waals surface area contributed by atoms with Gasteiger partial charge in [-0.1, -0.05) is 0 Å². The van der Waals surface area contributed by atoms with Gasteiger partial charge in [-0.3, -0.25) is 4.79 Å². The first kappa shape index (κ1) is 12.7. The Balaban J connectivity index is 2.62. The number of amides is 1. The van der Waals surface area contributed by atoms with E-state index in [2.05, 4.69) is 36.5 Å². The number of rotatable bonds is 6. The van der Waals surface area contributed by atoms with Crippen molar-refractivity contribution in [3.05, 3.63) is 10.7 Å². The third-order valence-electron chi connectivity index (χ3n) is 1.74. The highest BCUT2D eigenvalue weighted by Gasteiger charge is 2.04. The van der Waals surface area contributed by atoms with Gasteiger partial charge >= 0.3 is 0 Å². The Hall–Kier alpha value is -1.37. The quantitative estimate of drug-likeness (QED) is 0.725. The van der Waals surface area contributed by atoms with Crippen LogP contribution in [-0.4, -0.2) is 29.0 Å². The van der Waals surface area contributed by atoms with Crippen molar-refractivity contribution in [3.8, 4) is 0 Å². The number of hydrogen-bond donors (Lipinski definition) is 3. The van der Waals surface area contributed by atoms with E-state index in [0.29, 0.717) is 18.3 Å². The summed E-state index contributed by atoms with van der Waals surface area (Å²) in [6, 6.07) is 0. The fourth-order valence-electron chi connectivity index (χ4n) is 1.04. The van der Waals surface area contributed by atoms with Gasteiger partial charge in [0.2, 0.25) is 11.9 Å². The third kappa shape index (κ3) is 4.01. The summed E-state index contributed by atoms with van der Waals surface area (Å²) in [6.45, 7) is 3.17. The predicted molar refractivity (Wildman–Crippen MR) is 66.2 cm³/mol. The summed E-state index contributed by atoms with van der Waals surface area (Å²) in [5, 5.41) is 6.00. The number of nitrogens with two attached hydrogens (primary N) is 1. The summed E-state index contributed by atoms with van der Waals surface area (Å²) in [7, 11) is 0. The second kappa shape index (κ2) is 6.26. The molecule has 1 aromatic heterocycles. The number of hydrogen-bond acceptors (Lipinski definition) is 5. The lowest BCUT2D eigenvalue weighted by atomic mass is 10.4. The monoisotopic (exact) mass is 287 g/mol. The number of aromatic nitrogens is 2. The maximum atomic E-state index is 10.6. The number of carbonyl (C=O) groups excluding carboxylic acids is 1. The zero-order valence-electron chi connectivity index (χ0n) is 8.96. The van der Waals surface area contributed by atoms with Crippen molar-refractivity contribution < 1.29 is 4.79 Å². The Labute approximate surface area is 102 Å². The maximum Gasteiger partial charge on any atom is 0.224 e. The smallest absolute Gasteiger partial charge is 0.224 e. The molecule has 0 aromatic carbocycles. The van der Waals surface area contributed by atoms with E-state index in [1.54, 1.807) is 6.20 Å². The normalized spacial score (nSPS) is 9.88. The van der Waals surface area contributed by atoms with Crippen LogP contribution in [0.1, 0.15) is 13.3 Å². The van der Waals surface area contributed by atoms with Crippen LogP contribution in [0.25, 0.3) is 0 Å². The van der Waals surface area contributed by atoms with Gasteiger partial charge in [0.05, 0.1) is 4.47 Å². The number of nitrogens with zero attached hydrogens (tertiary/aromatic N) is 2. The van der Waals surface area contributed by atoms with Crippen LogP contribution in [0.15, 0.2) is 10.7 Å². The van der Waals surface area contributed by atoms with Crippen LogP contribution < -0.4 is 16.4 Å². The number of halogens is 1. The van der Waals surface area contributed by atoms with Crippen LogP contribution in [0.5, 0.6) is 0 Å². The third-order valence-corrected chi connectivity index (χ3v) is 2.32. The van der Waals surface area contributed by atoms with Crippen LogP contribution in [0.4, 0.5) is 11.8 Å². The van der Waals surface area contributed by atoms with E-state index in [1.165, 1.54) is 0 Å². The molecular weight excluding hydrogens is 274 g/mol. The summed E-state index contributed by atoms with van der Waals surface area (Å²) in [6.07, 6.45) is 1.92. The van der Waals surface area contributed by atoms with E-state index in [-0.39, 0.29) is 12.3 Å². The van der Waals surface area contributed by atoms with Crippen molar-refractivity contribution in [1.29, 1.82) is 0 Å². The van der Waals surface area contributed by atoms with Crippen LogP contribution in [0.2, 0.25) is 0 Å². The van der Waals surface area contributed by atoms with E-state index in [9.17, 15) is 4.79 Å². The number of carbonyl (C=O) groups is 1. The molecule has 0 atom stereocenters. The first-order valence-electron chi connectivity index (χ1n) is 4.92. The average Bonchev–Trinajstić information content (AvgIpc) is 2.22. The van der Waals surface area contributed by atoms with Crippen molar-refractivity contribution in [3.63, 3.8) is 0 Å². The number of primary amides is 1. The van der Waals surface area contributed by atoms with E-state index < -0.39 is 0 Å². The molecule has 0 aliphatic heterocycles. The molecule has 0 radical (unpaired) electrons. The average molecular weight is 288 g/mol. The standard InChI is InChI=1S/C9H14BrN5O/c1-2-12-9-14-5-6(10)8(15-9)13-4-3-7(11)16/h5H,2-4H2,1H3,(H2,11,16)(H2,12,13,14,15). The summed E-state index contributed by atoms with van der Waals surface area (Å²) in [5.41, 5.74) is 5.04. The van der Waals surface area contributed by atoms with Gasteiger partial charge in [-0.25, -0.2) is 4.98 Å². The zero-order chi connectivity index (χ0) is 12.0. The number of anilines is 2. The Bertz CT molecular complexity index is 371. The highest BCUT2D eigenvalue weighted by atomic mass is 79.9. The van der Waals surface area contributed by atoms with E-state index in [4.69, 9.17) is 5.73 Å². The van der Waals surface area contributed by atoms with E-state index in [0.717, 1.165) is 11.0 Å². The highest BCUT2D eigenvalue weighted by Crippen LogP contribution is 2.19. The Morgan fingerprint density at radius 2 is 2.31 bits per heavy atom. The molecule has 1 amide bonds. The Kier molecular flexibility index (Phi) is 4.97. The van der Waals surface area contributed by atoms with Gasteiger partial charge in [-0.15, -0.1) is 0 Å². The van der Waals surface area contributed by atoms with Gasteiger partial charge < -0.3 is 16.4 Å². The van der Waals surface area contributed by atoms with Gasteiger partial charge in [0.1, 0.15) is 5.82 Å². The van der Waals surface area contributed by atoms with Crippen LogP contribution in [-0.2, 0) is 4.79 Å². The topological polar surface area (TPSA) is 92.9 Å². The lowest BCUT2D eigenvalue weighted by Gasteiger charge is -2.08. The molecule has 1 rings (SSSR count). The van der Waals surface area contributed by atoms with Gasteiger partial charge in [-0.2, -0.15) is 4.98 Å². The van der Waals surface area contributed by atoms with Crippen LogP contribution in [0, 0.1) is 0 Å². The van der Waals surface area contributed by atoms with Crippen LogP contribution >= 0.6 is 15.9 Å². The van der Waals surface area contributed by atoms with Crippen LogP contribution in [0.3, 0.4) is 0 Å². The molecule has 0 saturated carbocycles. The molecule has 0 fully saturated rings. The lowest BCUT2D eigenvalue weighted by molar-refractivity contribution is -0.117. The van der Waals surface area contributed by atoms with Crippen molar-refractivity contribution in [2.75, 3.05) is 23.7 Å². The molecule has 6 nitrogen and oxygen atoms in total. The minimum Gasteiger partial charge on any atom is -0.370 e. The molecule has 0 unspecified atom stereocenters. The van der Waals surface area contributed by atoms with Gasteiger partial charge in [0.25, 0.3) is 0 Å². The lowest BCUT2D eigenvalue weighted by Crippen LogP contribution is -2.16. The summed E-state index contributed by atoms with van der Waals surface area (Å²) >= 11 is 3.32. The fraction of sp³-hybridized carbons (Fsp3) is 0.444. The maximum absolute atomic E-state index is 10.6. The molecule has 1 aromatic rings. The minimum absolute atomic E-state index is 0.271. The van der Waals surface area contributed by atoms with Crippen molar-refractivity contribution in [1.82, 2.24) is 9.97 Å². The predicted octanol–water partition coefficient (Wildman–Crippen LogP) is 0.958. The number of nitrogens with one attached hydrogen (secondary N) is 2. The molecule has 1 heterocycles. The van der Waals surface area contributed by atoms with Crippen molar-refractivity contribution in [2.24, 2.45) is 5.73 Å². The fourth-order valence-corrected chi connectivity index (χ4v) is 1.37. The molecule has 16 heavy (non-hydrogen) atoms. The van der Waals surface area contributed by atoms with Crippen molar-refractivity contribution >= 4 is 33.6 Å². The molecule has 88 valence electrons. The zero-order valence-corrected chi connectivity index (χ0v) is 10.5. The molecule has 0 aliphatic carbocycles. The van der Waals surface area contributed by atoms with Gasteiger partial charge in [0.15, 0.2) is 0 Å². The molecule has 7 heteroatoms. The molecular formula is C9H14BrN5O. The molecule has 4 N–H and O–H groups in total. The summed E-state index contributed by atoms with van der Waals surface area (Å²) in [5.74, 6) is 0.851. The van der Waals surface area contributed by atoms with E-state index in [1.807, 2.05) is 6.92 Å². The minimum atomic E-state index is -0.343. The molecule has 0 saturated heterocycles. The first-order valence-corrected chi connectivity index (χ1v) is 5.71. The SMILES string of the molecule is CCNc1ncc(Br)c(NCCC(N)=O)n1. The summed E-state index contributed by atoms with van der Waals surface area (Å²) in [4.78, 5) is 18.9. The first-order chi connectivity index (χ1) is 7.63. The van der Waals surface area contributed by atoms with E-state index >= 15 is 0 Å². The second-order valence-electron chi connectivity index (χ2n) is 3.06. The molecule has 0 spiro atoms. The molecule has 0 bridgehead atoms. The summed E-state index contributed by atoms with van der Waals surface area (Å²) < 4.78 is 0.749. The Morgan fingerprint density at radius 3 is 2.94 bits per heavy atom. The Morgan fingerprint density at radius 1 is 1.56 bits per heavy atom.